The van der Waals surface area contributed by atoms with Gasteiger partial charge in [0.2, 0.25) is 0 Å². The Hall–Kier alpha value is -4.39. The molecule has 3 aromatic carbocycles. The molecule has 1 aliphatic heterocycles. The van der Waals surface area contributed by atoms with Crippen LogP contribution >= 0.6 is 0 Å². The predicted molar refractivity (Wildman–Crippen MR) is 134 cm³/mol. The Morgan fingerprint density at radius 1 is 1.08 bits per heavy atom. The van der Waals surface area contributed by atoms with Crippen molar-refractivity contribution in [3.05, 3.63) is 113 Å². The Morgan fingerprint density at radius 3 is 2.58 bits per heavy atom. The number of hydrogen-bond acceptors (Lipinski definition) is 4. The average Bonchev–Trinajstić information content (AvgIpc) is 3.41. The summed E-state index contributed by atoms with van der Waals surface area (Å²) >= 11 is 0. The number of nitrogens with one attached hydrogen (secondary N) is 1. The molecular weight excluding hydrogens is 459 g/mol. The molecule has 2 N–H and O–H groups in total. The van der Waals surface area contributed by atoms with Gasteiger partial charge in [0, 0.05) is 35.6 Å². The first-order valence-electron chi connectivity index (χ1n) is 11.7. The van der Waals surface area contributed by atoms with Gasteiger partial charge in [0.15, 0.2) is 11.5 Å². The van der Waals surface area contributed by atoms with Crippen LogP contribution in [0.4, 0.5) is 4.39 Å². The van der Waals surface area contributed by atoms with Gasteiger partial charge in [-0.2, -0.15) is 0 Å². The van der Waals surface area contributed by atoms with Crippen molar-refractivity contribution in [2.24, 2.45) is 0 Å². The molecule has 0 fully saturated rings. The highest BCUT2D eigenvalue weighted by molar-refractivity contribution is 6.09. The fourth-order valence-corrected chi connectivity index (χ4v) is 4.80. The lowest BCUT2D eigenvalue weighted by molar-refractivity contribution is -0.129. The number of amides is 1. The van der Waals surface area contributed by atoms with E-state index >= 15 is 0 Å². The van der Waals surface area contributed by atoms with Crippen LogP contribution in [0, 0.1) is 5.82 Å². The lowest BCUT2D eigenvalue weighted by Gasteiger charge is -2.27. The SMILES string of the molecule is COc1ccc2[nH]cc(CCN3C(=O)C(O)=C(C(=O)Cc4ccccc4)C3c3ccccc3F)c2c1. The van der Waals surface area contributed by atoms with Crippen LogP contribution in [0.15, 0.2) is 90.3 Å². The third-order valence-electron chi connectivity index (χ3n) is 6.61. The van der Waals surface area contributed by atoms with E-state index in [1.54, 1.807) is 37.4 Å². The molecule has 0 aliphatic carbocycles. The van der Waals surface area contributed by atoms with Crippen LogP contribution in [0.5, 0.6) is 5.75 Å². The van der Waals surface area contributed by atoms with E-state index in [9.17, 15) is 19.1 Å². The molecule has 0 saturated heterocycles. The number of aliphatic hydroxyl groups is 1. The molecule has 1 amide bonds. The van der Waals surface area contributed by atoms with Crippen molar-refractivity contribution in [2.75, 3.05) is 13.7 Å². The molecule has 1 aromatic heterocycles. The van der Waals surface area contributed by atoms with Gasteiger partial charge in [-0.15, -0.1) is 0 Å². The number of hydrogen-bond donors (Lipinski definition) is 2. The molecule has 1 atom stereocenters. The summed E-state index contributed by atoms with van der Waals surface area (Å²) in [5.41, 5.74) is 2.70. The molecule has 0 radical (unpaired) electrons. The molecular formula is C29H25FN2O4. The second-order valence-electron chi connectivity index (χ2n) is 8.75. The normalized spacial score (nSPS) is 15.7. The monoisotopic (exact) mass is 484 g/mol. The molecule has 7 heteroatoms. The lowest BCUT2D eigenvalue weighted by atomic mass is 9.92. The molecule has 5 rings (SSSR count). The smallest absolute Gasteiger partial charge is 0.290 e. The molecule has 0 saturated carbocycles. The van der Waals surface area contributed by atoms with Crippen LogP contribution in [0.2, 0.25) is 0 Å². The number of nitrogens with zero attached hydrogens (tertiary/aromatic N) is 1. The highest BCUT2D eigenvalue weighted by Crippen LogP contribution is 2.39. The van der Waals surface area contributed by atoms with Crippen LogP contribution in [-0.4, -0.2) is 40.3 Å². The van der Waals surface area contributed by atoms with Gasteiger partial charge in [-0.1, -0.05) is 48.5 Å². The van der Waals surface area contributed by atoms with Crippen molar-refractivity contribution in [3.63, 3.8) is 0 Å². The molecule has 182 valence electrons. The summed E-state index contributed by atoms with van der Waals surface area (Å²) in [6.45, 7) is 0.175. The number of carbonyl (C=O) groups excluding carboxylic acids is 2. The first kappa shape index (κ1) is 23.4. The summed E-state index contributed by atoms with van der Waals surface area (Å²) in [7, 11) is 1.60. The maximum Gasteiger partial charge on any atom is 0.290 e. The number of benzene rings is 3. The Morgan fingerprint density at radius 2 is 1.83 bits per heavy atom. The minimum absolute atomic E-state index is 0.00541. The average molecular weight is 485 g/mol. The Balaban J connectivity index is 1.48. The number of ketones is 1. The Bertz CT molecular complexity index is 1480. The Labute approximate surface area is 207 Å². The summed E-state index contributed by atoms with van der Waals surface area (Å²) in [6, 6.07) is 19.8. The highest BCUT2D eigenvalue weighted by Gasteiger charge is 2.44. The molecule has 0 spiro atoms. The number of Topliss-reactive ketones (excluding diaryl/α,β-unsaturated/α-hetero) is 1. The fourth-order valence-electron chi connectivity index (χ4n) is 4.80. The van der Waals surface area contributed by atoms with E-state index in [0.717, 1.165) is 22.0 Å². The largest absolute Gasteiger partial charge is 0.503 e. The molecule has 1 aliphatic rings. The lowest BCUT2D eigenvalue weighted by Crippen LogP contribution is -2.33. The zero-order valence-electron chi connectivity index (χ0n) is 19.7. The quantitative estimate of drug-likeness (QED) is 0.366. The van der Waals surface area contributed by atoms with Crippen molar-refractivity contribution in [3.8, 4) is 5.75 Å². The second-order valence-corrected chi connectivity index (χ2v) is 8.75. The third-order valence-corrected chi connectivity index (χ3v) is 6.61. The van der Waals surface area contributed by atoms with Gasteiger partial charge in [-0.3, -0.25) is 9.59 Å². The maximum atomic E-state index is 15.0. The first-order valence-corrected chi connectivity index (χ1v) is 11.7. The molecule has 1 unspecified atom stereocenters. The number of halogens is 1. The second kappa shape index (κ2) is 9.70. The number of carbonyl (C=O) groups is 2. The summed E-state index contributed by atoms with van der Waals surface area (Å²) < 4.78 is 20.3. The number of methoxy groups -OCH3 is 1. The summed E-state index contributed by atoms with van der Waals surface area (Å²) in [6.07, 6.45) is 2.28. The minimum Gasteiger partial charge on any atom is -0.503 e. The summed E-state index contributed by atoms with van der Waals surface area (Å²) in [5.74, 6) is -1.56. The van der Waals surface area contributed by atoms with Gasteiger partial charge in [0.1, 0.15) is 11.6 Å². The number of aliphatic hydroxyl groups excluding tert-OH is 1. The van der Waals surface area contributed by atoms with Gasteiger partial charge in [-0.05, 0) is 41.8 Å². The number of aromatic nitrogens is 1. The van der Waals surface area contributed by atoms with Gasteiger partial charge in [-0.25, -0.2) is 4.39 Å². The van der Waals surface area contributed by atoms with Gasteiger partial charge < -0.3 is 19.7 Å². The van der Waals surface area contributed by atoms with E-state index in [4.69, 9.17) is 4.74 Å². The fraction of sp³-hybridized carbons (Fsp3) is 0.172. The number of ether oxygens (including phenoxy) is 1. The Kier molecular flexibility index (Phi) is 6.29. The van der Waals surface area contributed by atoms with Crippen molar-refractivity contribution < 1.29 is 23.8 Å². The maximum absolute atomic E-state index is 15.0. The third kappa shape index (κ3) is 4.24. The topological polar surface area (TPSA) is 82.6 Å². The van der Waals surface area contributed by atoms with Gasteiger partial charge in [0.25, 0.3) is 5.91 Å². The number of H-pyrrole nitrogens is 1. The van der Waals surface area contributed by atoms with Crippen LogP contribution in [-0.2, 0) is 22.4 Å². The van der Waals surface area contributed by atoms with Crippen molar-refractivity contribution >= 4 is 22.6 Å². The highest BCUT2D eigenvalue weighted by atomic mass is 19.1. The van der Waals surface area contributed by atoms with Crippen molar-refractivity contribution in [2.45, 2.75) is 18.9 Å². The van der Waals surface area contributed by atoms with Crippen LogP contribution in [0.25, 0.3) is 10.9 Å². The summed E-state index contributed by atoms with van der Waals surface area (Å²) in [4.78, 5) is 31.1. The molecule has 4 aromatic rings. The first-order chi connectivity index (χ1) is 17.5. The molecule has 36 heavy (non-hydrogen) atoms. The van der Waals surface area contributed by atoms with Crippen molar-refractivity contribution in [1.82, 2.24) is 9.88 Å². The van der Waals surface area contributed by atoms with Gasteiger partial charge >= 0.3 is 0 Å². The van der Waals surface area contributed by atoms with E-state index in [1.165, 1.54) is 11.0 Å². The van der Waals surface area contributed by atoms with Crippen LogP contribution < -0.4 is 4.74 Å². The minimum atomic E-state index is -1.02. The number of fused-ring (bicyclic) bond motifs is 1. The standard InChI is InChI=1S/C29H25FN2O4/c1-36-20-11-12-24-22(16-20)19(17-31-24)13-14-32-27(21-9-5-6-10-23(21)30)26(28(34)29(32)35)25(33)15-18-7-3-2-4-8-18/h2-12,16-17,27,31,34H,13-15H2,1H3. The molecule has 0 bridgehead atoms. The molecule has 6 nitrogen and oxygen atoms in total. The van der Waals surface area contributed by atoms with E-state index < -0.39 is 29.3 Å². The zero-order chi connectivity index (χ0) is 25.2. The predicted octanol–water partition coefficient (Wildman–Crippen LogP) is 5.07. The van der Waals surface area contributed by atoms with E-state index in [1.807, 2.05) is 42.6 Å². The number of rotatable bonds is 8. The van der Waals surface area contributed by atoms with Crippen molar-refractivity contribution in [1.29, 1.82) is 0 Å². The van der Waals surface area contributed by atoms with E-state index in [2.05, 4.69) is 4.98 Å². The van der Waals surface area contributed by atoms with Crippen LogP contribution in [0.1, 0.15) is 22.7 Å². The van der Waals surface area contributed by atoms with E-state index in [-0.39, 0.29) is 24.1 Å². The molecule has 2 heterocycles. The zero-order valence-corrected chi connectivity index (χ0v) is 19.7. The number of aromatic amines is 1. The van der Waals surface area contributed by atoms with Crippen LogP contribution in [0.3, 0.4) is 0 Å². The summed E-state index contributed by atoms with van der Waals surface area (Å²) in [5, 5.41) is 11.8. The van der Waals surface area contributed by atoms with E-state index in [0.29, 0.717) is 12.2 Å². The van der Waals surface area contributed by atoms with Gasteiger partial charge in [0.05, 0.1) is 18.7 Å².